The Kier molecular flexibility index (Phi) is 2.33. The van der Waals surface area contributed by atoms with Crippen molar-refractivity contribution in [1.29, 1.82) is 0 Å². The molecule has 4 heteroatoms. The molecule has 21 heavy (non-hydrogen) atoms. The molecule has 4 rings (SSSR count). The fourth-order valence-corrected chi connectivity index (χ4v) is 3.63. The van der Waals surface area contributed by atoms with Crippen LogP contribution in [-0.4, -0.2) is 25.3 Å². The van der Waals surface area contributed by atoms with Crippen LogP contribution in [0.5, 0.6) is 0 Å². The van der Waals surface area contributed by atoms with Crippen LogP contribution in [0.3, 0.4) is 0 Å². The number of aliphatic imine (C=N–C) groups is 1. The predicted molar refractivity (Wildman–Crippen MR) is 85.3 cm³/mol. The maximum atomic E-state index is 12.4. The Bertz CT molecular complexity index is 686. The van der Waals surface area contributed by atoms with E-state index < -0.39 is 5.41 Å². The van der Waals surface area contributed by atoms with Crippen molar-refractivity contribution in [3.05, 3.63) is 36.2 Å². The molecule has 0 radical (unpaired) electrons. The zero-order chi connectivity index (χ0) is 14.8. The van der Waals surface area contributed by atoms with Gasteiger partial charge in [0, 0.05) is 32.0 Å². The van der Waals surface area contributed by atoms with E-state index in [1.165, 1.54) is 18.5 Å². The van der Waals surface area contributed by atoms with Crippen LogP contribution < -0.4 is 9.38 Å². The van der Waals surface area contributed by atoms with Gasteiger partial charge in [0.25, 0.3) is 0 Å². The van der Waals surface area contributed by atoms with Gasteiger partial charge in [-0.3, -0.25) is 4.79 Å². The van der Waals surface area contributed by atoms with Crippen molar-refractivity contribution in [3.8, 4) is 0 Å². The number of quaternary nitrogens is 1. The van der Waals surface area contributed by atoms with Crippen LogP contribution in [0.4, 0.5) is 11.4 Å². The zero-order valence-corrected chi connectivity index (χ0v) is 12.7. The van der Waals surface area contributed by atoms with Gasteiger partial charge in [0.05, 0.1) is 17.3 Å². The van der Waals surface area contributed by atoms with Crippen molar-refractivity contribution in [2.24, 2.45) is 4.99 Å². The number of hydrogen-bond acceptors (Lipinski definition) is 2. The van der Waals surface area contributed by atoms with Gasteiger partial charge in [-0.1, -0.05) is 0 Å². The zero-order valence-electron chi connectivity index (χ0n) is 12.7. The second-order valence-corrected chi connectivity index (χ2v) is 6.82. The topological polar surface area (TPSA) is 32.7 Å². The summed E-state index contributed by atoms with van der Waals surface area (Å²) < 4.78 is 0.704. The highest BCUT2D eigenvalue weighted by atomic mass is 16.2. The molecule has 108 valence electrons. The lowest BCUT2D eigenvalue weighted by molar-refractivity contribution is -0.121. The number of likely N-dealkylation sites (N-methyl/N-ethyl adjacent to an activating group) is 1. The molecule has 1 fully saturated rings. The number of rotatable bonds is 2. The number of fused-ring (bicyclic) bond motifs is 1. The second-order valence-electron chi connectivity index (χ2n) is 6.82. The highest BCUT2D eigenvalue weighted by molar-refractivity contribution is 6.07. The Morgan fingerprint density at radius 3 is 2.71 bits per heavy atom. The van der Waals surface area contributed by atoms with E-state index in [1.54, 1.807) is 4.90 Å². The number of benzene rings is 1. The Morgan fingerprint density at radius 1 is 1.33 bits per heavy atom. The van der Waals surface area contributed by atoms with E-state index in [-0.39, 0.29) is 5.91 Å². The normalized spacial score (nSPS) is 29.3. The van der Waals surface area contributed by atoms with E-state index in [1.807, 2.05) is 33.4 Å². The Hall–Kier alpha value is -1.94. The molecule has 0 bridgehead atoms. The number of amides is 1. The van der Waals surface area contributed by atoms with E-state index in [0.717, 1.165) is 11.3 Å². The van der Waals surface area contributed by atoms with Crippen LogP contribution in [0, 0.1) is 0 Å². The summed E-state index contributed by atoms with van der Waals surface area (Å²) in [6, 6.07) is 7.05. The van der Waals surface area contributed by atoms with Gasteiger partial charge in [-0.15, -0.1) is 0 Å². The van der Waals surface area contributed by atoms with E-state index in [4.69, 9.17) is 0 Å². The molecule has 3 aliphatic rings. The van der Waals surface area contributed by atoms with Crippen molar-refractivity contribution in [2.75, 3.05) is 11.9 Å². The second kappa shape index (κ2) is 3.83. The molecule has 1 atom stereocenters. The Labute approximate surface area is 125 Å². The maximum absolute atomic E-state index is 12.4. The van der Waals surface area contributed by atoms with E-state index in [0.29, 0.717) is 10.5 Å². The SMILES string of the molecule is CN1C(=O)C(C)(C)c2ccc([N+]3(C4CC4)C=CN=C3)cc21. The summed E-state index contributed by atoms with van der Waals surface area (Å²) in [5.41, 5.74) is 2.93. The first-order valence-corrected chi connectivity index (χ1v) is 7.50. The van der Waals surface area contributed by atoms with Crippen LogP contribution in [0.15, 0.2) is 35.6 Å². The number of anilines is 1. The van der Waals surface area contributed by atoms with Gasteiger partial charge in [0.15, 0.2) is 6.34 Å². The van der Waals surface area contributed by atoms with E-state index in [9.17, 15) is 4.79 Å². The maximum Gasteiger partial charge on any atom is 0.236 e. The van der Waals surface area contributed by atoms with Crippen LogP contribution in [0.2, 0.25) is 0 Å². The molecule has 0 aromatic heterocycles. The monoisotopic (exact) mass is 282 g/mol. The van der Waals surface area contributed by atoms with Gasteiger partial charge in [0.1, 0.15) is 17.9 Å². The van der Waals surface area contributed by atoms with Crippen molar-refractivity contribution >= 4 is 23.6 Å². The first-order chi connectivity index (χ1) is 9.97. The molecule has 1 aromatic rings. The predicted octanol–water partition coefficient (Wildman–Crippen LogP) is 2.92. The van der Waals surface area contributed by atoms with Crippen molar-refractivity contribution in [2.45, 2.75) is 38.1 Å². The largest absolute Gasteiger partial charge is 0.314 e. The van der Waals surface area contributed by atoms with Crippen molar-refractivity contribution < 1.29 is 4.79 Å². The smallest absolute Gasteiger partial charge is 0.236 e. The fraction of sp³-hybridized carbons (Fsp3) is 0.412. The van der Waals surface area contributed by atoms with Gasteiger partial charge in [0.2, 0.25) is 5.91 Å². The molecule has 4 nitrogen and oxygen atoms in total. The molecule has 2 heterocycles. The first-order valence-electron chi connectivity index (χ1n) is 7.50. The number of carbonyl (C=O) groups excluding carboxylic acids is 1. The molecule has 1 aromatic carbocycles. The highest BCUT2D eigenvalue weighted by Gasteiger charge is 2.48. The number of carbonyl (C=O) groups is 1. The average molecular weight is 282 g/mol. The number of nitrogens with zero attached hydrogens (tertiary/aromatic N) is 3. The van der Waals surface area contributed by atoms with Crippen molar-refractivity contribution in [1.82, 2.24) is 4.48 Å². The van der Waals surface area contributed by atoms with Crippen molar-refractivity contribution in [3.63, 3.8) is 0 Å². The van der Waals surface area contributed by atoms with Gasteiger partial charge < -0.3 is 4.90 Å². The van der Waals surface area contributed by atoms with Crippen LogP contribution >= 0.6 is 0 Å². The fourth-order valence-electron chi connectivity index (χ4n) is 3.63. The minimum atomic E-state index is -0.429. The van der Waals surface area contributed by atoms with Crippen LogP contribution in [-0.2, 0) is 10.2 Å². The molecular formula is C17H20N3O+. The van der Waals surface area contributed by atoms with Gasteiger partial charge in [-0.25, -0.2) is 9.48 Å². The molecule has 1 amide bonds. The summed E-state index contributed by atoms with van der Waals surface area (Å²) in [6.07, 6.45) is 8.51. The number of hydrogen-bond donors (Lipinski definition) is 0. The van der Waals surface area contributed by atoms with Gasteiger partial charge in [-0.05, 0) is 25.5 Å². The first kappa shape index (κ1) is 12.8. The lowest BCUT2D eigenvalue weighted by Gasteiger charge is -2.28. The quantitative estimate of drug-likeness (QED) is 0.768. The minimum absolute atomic E-state index is 0.165. The van der Waals surface area contributed by atoms with Crippen LogP contribution in [0.25, 0.3) is 0 Å². The summed E-state index contributed by atoms with van der Waals surface area (Å²) in [4.78, 5) is 18.5. The molecule has 0 saturated heterocycles. The lowest BCUT2D eigenvalue weighted by atomic mass is 9.86. The Balaban J connectivity index is 1.86. The average Bonchev–Trinajstić information content (AvgIpc) is 3.19. The summed E-state index contributed by atoms with van der Waals surface area (Å²) >= 11 is 0. The molecule has 0 spiro atoms. The summed E-state index contributed by atoms with van der Waals surface area (Å²) in [6.45, 7) is 4.00. The molecule has 1 unspecified atom stereocenters. The molecule has 1 saturated carbocycles. The van der Waals surface area contributed by atoms with E-state index in [2.05, 4.69) is 29.4 Å². The van der Waals surface area contributed by atoms with Crippen LogP contribution in [0.1, 0.15) is 32.3 Å². The van der Waals surface area contributed by atoms with Gasteiger partial charge in [-0.2, -0.15) is 0 Å². The third-order valence-corrected chi connectivity index (χ3v) is 5.11. The summed E-state index contributed by atoms with van der Waals surface area (Å²) in [5, 5.41) is 0. The molecular weight excluding hydrogens is 262 g/mol. The Morgan fingerprint density at radius 2 is 2.10 bits per heavy atom. The standard InChI is InChI=1S/C17H20N3O/c1-17(2)14-7-6-13(10-15(14)19(3)16(17)21)20(12-4-5-12)9-8-18-11-20/h6-12H,4-5H2,1-3H3/q+1. The van der Waals surface area contributed by atoms with E-state index >= 15 is 0 Å². The summed E-state index contributed by atoms with van der Waals surface area (Å²) in [7, 11) is 1.87. The minimum Gasteiger partial charge on any atom is -0.314 e. The third-order valence-electron chi connectivity index (χ3n) is 5.11. The third kappa shape index (κ3) is 1.54. The molecule has 1 aliphatic carbocycles. The molecule has 0 N–H and O–H groups in total. The summed E-state index contributed by atoms with van der Waals surface area (Å²) in [5.74, 6) is 0.165. The lowest BCUT2D eigenvalue weighted by Crippen LogP contribution is -2.43. The van der Waals surface area contributed by atoms with Gasteiger partial charge >= 0.3 is 0 Å². The molecule has 2 aliphatic heterocycles. The highest BCUT2D eigenvalue weighted by Crippen LogP contribution is 2.46.